The SMILES string of the molecule is O=C(OCC1c2ccccc2-c2ccccc21)N1C2C=C(Cc3cccc(OC(F)F)c3)CC1CCC2. The zero-order valence-corrected chi connectivity index (χ0v) is 20.5. The predicted octanol–water partition coefficient (Wildman–Crippen LogP) is 7.33. The van der Waals surface area contributed by atoms with Crippen molar-refractivity contribution in [2.75, 3.05) is 6.61 Å². The summed E-state index contributed by atoms with van der Waals surface area (Å²) >= 11 is 0. The third-order valence-electron chi connectivity index (χ3n) is 7.82. The second-order valence-electron chi connectivity index (χ2n) is 10.1. The quantitative estimate of drug-likeness (QED) is 0.332. The summed E-state index contributed by atoms with van der Waals surface area (Å²) in [6, 6.07) is 23.6. The van der Waals surface area contributed by atoms with Crippen LogP contribution in [0.4, 0.5) is 13.6 Å². The van der Waals surface area contributed by atoms with E-state index in [0.29, 0.717) is 13.0 Å². The predicted molar refractivity (Wildman–Crippen MR) is 138 cm³/mol. The maximum absolute atomic E-state index is 13.4. The molecule has 0 N–H and O–H groups in total. The zero-order chi connectivity index (χ0) is 25.4. The molecule has 2 atom stereocenters. The number of carbonyl (C=O) groups excluding carboxylic acids is 1. The van der Waals surface area contributed by atoms with E-state index in [1.54, 1.807) is 18.2 Å². The first-order valence-electron chi connectivity index (χ1n) is 12.9. The van der Waals surface area contributed by atoms with Crippen molar-refractivity contribution in [3.05, 3.63) is 101 Å². The number of piperidine rings is 1. The van der Waals surface area contributed by atoms with Gasteiger partial charge in [0.25, 0.3) is 0 Å². The van der Waals surface area contributed by atoms with Crippen LogP contribution in [0.3, 0.4) is 0 Å². The van der Waals surface area contributed by atoms with Gasteiger partial charge in [-0.05, 0) is 72.1 Å². The number of carbonyl (C=O) groups is 1. The normalized spacial score (nSPS) is 20.3. The van der Waals surface area contributed by atoms with Gasteiger partial charge in [0.05, 0.1) is 6.04 Å². The lowest BCUT2D eigenvalue weighted by atomic mass is 9.83. The Morgan fingerprint density at radius 3 is 2.38 bits per heavy atom. The van der Waals surface area contributed by atoms with Gasteiger partial charge in [0.2, 0.25) is 0 Å². The van der Waals surface area contributed by atoms with Crippen LogP contribution in [0.25, 0.3) is 11.1 Å². The highest BCUT2D eigenvalue weighted by molar-refractivity contribution is 5.79. The van der Waals surface area contributed by atoms with Crippen molar-refractivity contribution < 1.29 is 23.0 Å². The van der Waals surface area contributed by atoms with Crippen molar-refractivity contribution >= 4 is 6.09 Å². The molecule has 3 aromatic rings. The van der Waals surface area contributed by atoms with Crippen LogP contribution >= 0.6 is 0 Å². The molecule has 2 aliphatic heterocycles. The molecule has 3 aromatic carbocycles. The summed E-state index contributed by atoms with van der Waals surface area (Å²) in [4.78, 5) is 15.3. The first kappa shape index (κ1) is 23.7. The third-order valence-corrected chi connectivity index (χ3v) is 7.82. The molecule has 3 aliphatic rings. The van der Waals surface area contributed by atoms with Gasteiger partial charge in [-0.2, -0.15) is 8.78 Å². The summed E-state index contributed by atoms with van der Waals surface area (Å²) < 4.78 is 35.8. The molecule has 6 heteroatoms. The first-order chi connectivity index (χ1) is 18.1. The molecule has 190 valence electrons. The fraction of sp³-hybridized carbons (Fsp3) is 0.323. The summed E-state index contributed by atoms with van der Waals surface area (Å²) in [5, 5.41) is 0. The Morgan fingerprint density at radius 1 is 0.946 bits per heavy atom. The maximum Gasteiger partial charge on any atom is 0.410 e. The lowest BCUT2D eigenvalue weighted by Gasteiger charge is -2.44. The van der Waals surface area contributed by atoms with E-state index in [1.165, 1.54) is 27.8 Å². The monoisotopic (exact) mass is 501 g/mol. The number of alkyl halides is 2. The molecule has 0 aromatic heterocycles. The topological polar surface area (TPSA) is 38.8 Å². The largest absolute Gasteiger partial charge is 0.448 e. The Hall–Kier alpha value is -3.67. The standard InChI is InChI=1S/C31H29F2NO3/c32-30(33)37-24-10-5-7-20(18-24)15-21-16-22-8-6-9-23(17-21)34(22)31(35)36-19-29-27-13-3-1-11-25(27)26-12-2-4-14-28(26)29/h1-5,7,10-14,16,18,22-23,29-30H,6,8-9,15,17,19H2. The minimum absolute atomic E-state index is 0.00125. The van der Waals surface area contributed by atoms with E-state index >= 15 is 0 Å². The number of amides is 1. The van der Waals surface area contributed by atoms with E-state index in [2.05, 4.69) is 35.1 Å². The highest BCUT2D eigenvalue weighted by Gasteiger charge is 2.38. The van der Waals surface area contributed by atoms with Crippen LogP contribution in [-0.2, 0) is 11.2 Å². The maximum atomic E-state index is 13.4. The molecule has 0 saturated carbocycles. The second-order valence-corrected chi connectivity index (χ2v) is 10.1. The first-order valence-corrected chi connectivity index (χ1v) is 12.9. The Balaban J connectivity index is 1.15. The van der Waals surface area contributed by atoms with Crippen LogP contribution in [-0.4, -0.2) is 36.3 Å². The van der Waals surface area contributed by atoms with E-state index in [9.17, 15) is 13.6 Å². The number of halogens is 2. The molecule has 2 heterocycles. The van der Waals surface area contributed by atoms with Crippen LogP contribution in [0.5, 0.6) is 5.75 Å². The summed E-state index contributed by atoms with van der Waals surface area (Å²) in [6.45, 7) is -2.52. The van der Waals surface area contributed by atoms with Crippen LogP contribution in [0.1, 0.15) is 48.3 Å². The molecule has 2 bridgehead atoms. The summed E-state index contributed by atoms with van der Waals surface area (Å²) in [5.74, 6) is 0.208. The number of ether oxygens (including phenoxy) is 2. The van der Waals surface area contributed by atoms with Gasteiger partial charge in [-0.25, -0.2) is 4.79 Å². The number of fused-ring (bicyclic) bond motifs is 5. The van der Waals surface area contributed by atoms with Crippen LogP contribution in [0.15, 0.2) is 84.4 Å². The smallest absolute Gasteiger partial charge is 0.410 e. The number of hydrogen-bond donors (Lipinski definition) is 0. The van der Waals surface area contributed by atoms with E-state index in [1.807, 2.05) is 35.2 Å². The van der Waals surface area contributed by atoms with Gasteiger partial charge in [0, 0.05) is 12.0 Å². The Labute approximate surface area is 215 Å². The highest BCUT2D eigenvalue weighted by atomic mass is 19.3. The van der Waals surface area contributed by atoms with Crippen LogP contribution < -0.4 is 4.74 Å². The Morgan fingerprint density at radius 2 is 1.68 bits per heavy atom. The fourth-order valence-corrected chi connectivity index (χ4v) is 6.30. The lowest BCUT2D eigenvalue weighted by Crippen LogP contribution is -2.52. The molecule has 1 saturated heterocycles. The minimum Gasteiger partial charge on any atom is -0.448 e. The van der Waals surface area contributed by atoms with Crippen molar-refractivity contribution in [1.82, 2.24) is 4.90 Å². The molecule has 4 nitrogen and oxygen atoms in total. The molecule has 1 fully saturated rings. The van der Waals surface area contributed by atoms with Gasteiger partial charge in [-0.3, -0.25) is 4.90 Å². The summed E-state index contributed by atoms with van der Waals surface area (Å²) in [5.41, 5.74) is 6.99. The molecule has 2 unspecified atom stereocenters. The lowest BCUT2D eigenvalue weighted by molar-refractivity contribution is -0.0498. The highest BCUT2D eigenvalue weighted by Crippen LogP contribution is 2.45. The Kier molecular flexibility index (Phi) is 6.41. The van der Waals surface area contributed by atoms with Gasteiger partial charge in [-0.15, -0.1) is 0 Å². The van der Waals surface area contributed by atoms with Crippen molar-refractivity contribution in [3.8, 4) is 16.9 Å². The molecular weight excluding hydrogens is 472 g/mol. The third kappa shape index (κ3) is 4.73. The second kappa shape index (κ2) is 10.0. The van der Waals surface area contributed by atoms with Gasteiger partial charge < -0.3 is 9.47 Å². The molecule has 0 spiro atoms. The fourth-order valence-electron chi connectivity index (χ4n) is 6.30. The number of hydrogen-bond acceptors (Lipinski definition) is 3. The molecule has 6 rings (SSSR count). The number of benzene rings is 3. The van der Waals surface area contributed by atoms with Crippen LogP contribution in [0, 0.1) is 0 Å². The van der Waals surface area contributed by atoms with Crippen molar-refractivity contribution in [3.63, 3.8) is 0 Å². The number of nitrogens with zero attached hydrogens (tertiary/aromatic N) is 1. The van der Waals surface area contributed by atoms with Crippen molar-refractivity contribution in [2.24, 2.45) is 0 Å². The summed E-state index contributed by atoms with van der Waals surface area (Å²) in [7, 11) is 0. The zero-order valence-electron chi connectivity index (χ0n) is 20.5. The van der Waals surface area contributed by atoms with E-state index < -0.39 is 6.61 Å². The average molecular weight is 502 g/mol. The number of rotatable bonds is 6. The molecule has 1 aliphatic carbocycles. The van der Waals surface area contributed by atoms with Gasteiger partial charge in [0.1, 0.15) is 12.4 Å². The van der Waals surface area contributed by atoms with E-state index in [0.717, 1.165) is 31.2 Å². The van der Waals surface area contributed by atoms with Gasteiger partial charge in [-0.1, -0.05) is 72.3 Å². The van der Waals surface area contributed by atoms with Gasteiger partial charge in [0.15, 0.2) is 0 Å². The average Bonchev–Trinajstić information content (AvgIpc) is 3.20. The molecule has 1 amide bonds. The van der Waals surface area contributed by atoms with Gasteiger partial charge >= 0.3 is 12.7 Å². The van der Waals surface area contributed by atoms with Crippen molar-refractivity contribution in [2.45, 2.75) is 56.7 Å². The minimum atomic E-state index is -2.84. The molecule has 37 heavy (non-hydrogen) atoms. The molecule has 0 radical (unpaired) electrons. The Bertz CT molecular complexity index is 1290. The van der Waals surface area contributed by atoms with E-state index in [-0.39, 0.29) is 29.8 Å². The van der Waals surface area contributed by atoms with E-state index in [4.69, 9.17) is 4.74 Å². The molecular formula is C31H29F2NO3. The van der Waals surface area contributed by atoms with Crippen LogP contribution in [0.2, 0.25) is 0 Å². The van der Waals surface area contributed by atoms with Crippen molar-refractivity contribution in [1.29, 1.82) is 0 Å². The summed E-state index contributed by atoms with van der Waals surface area (Å²) in [6.07, 6.45) is 6.26.